The molecular formula is C28H22. The molecule has 0 aliphatic heterocycles. The van der Waals surface area contributed by atoms with Gasteiger partial charge in [0.1, 0.15) is 0 Å². The monoisotopic (exact) mass is 358 g/mol. The fourth-order valence-corrected chi connectivity index (χ4v) is 3.29. The highest BCUT2D eigenvalue weighted by molar-refractivity contribution is 5.94. The summed E-state index contributed by atoms with van der Waals surface area (Å²) in [7, 11) is 0. The molecule has 0 atom stereocenters. The van der Waals surface area contributed by atoms with Crippen LogP contribution in [-0.2, 0) is 0 Å². The number of hydrogen-bond donors (Lipinski definition) is 0. The molecule has 0 heterocycles. The van der Waals surface area contributed by atoms with Crippen LogP contribution >= 0.6 is 0 Å². The molecule has 0 radical (unpaired) electrons. The Morgan fingerprint density at radius 3 is 1.68 bits per heavy atom. The Labute approximate surface area is 167 Å². The summed E-state index contributed by atoms with van der Waals surface area (Å²) in [6.45, 7) is 0. The van der Waals surface area contributed by atoms with E-state index < -0.39 is 0 Å². The Hall–Kier alpha value is -3.64. The molecule has 0 amide bonds. The maximum atomic E-state index is 2.27. The summed E-state index contributed by atoms with van der Waals surface area (Å²) in [5, 5.41) is 0. The number of rotatable bonds is 5. The van der Waals surface area contributed by atoms with Crippen molar-refractivity contribution in [1.29, 1.82) is 0 Å². The van der Waals surface area contributed by atoms with E-state index >= 15 is 0 Å². The summed E-state index contributed by atoms with van der Waals surface area (Å²) in [4.78, 5) is 0. The van der Waals surface area contributed by atoms with Crippen LogP contribution in [0.3, 0.4) is 0 Å². The van der Waals surface area contributed by atoms with Crippen molar-refractivity contribution in [2.24, 2.45) is 0 Å². The van der Waals surface area contributed by atoms with Gasteiger partial charge in [-0.05, 0) is 39.5 Å². The van der Waals surface area contributed by atoms with Gasteiger partial charge in [-0.3, -0.25) is 0 Å². The van der Waals surface area contributed by atoms with Gasteiger partial charge in [0.15, 0.2) is 0 Å². The first kappa shape index (κ1) is 17.8. The molecule has 0 heteroatoms. The summed E-state index contributed by atoms with van der Waals surface area (Å²) < 4.78 is 0. The van der Waals surface area contributed by atoms with Crippen LogP contribution in [-0.4, -0.2) is 0 Å². The van der Waals surface area contributed by atoms with Gasteiger partial charge in [0.05, 0.1) is 0 Å². The van der Waals surface area contributed by atoms with Crippen molar-refractivity contribution in [3.63, 3.8) is 0 Å². The predicted molar refractivity (Wildman–Crippen MR) is 122 cm³/mol. The van der Waals surface area contributed by atoms with Gasteiger partial charge in [-0.1, -0.05) is 127 Å². The van der Waals surface area contributed by atoms with Crippen molar-refractivity contribution in [2.45, 2.75) is 0 Å². The van der Waals surface area contributed by atoms with Gasteiger partial charge in [-0.2, -0.15) is 0 Å². The quantitative estimate of drug-likeness (QED) is 0.325. The van der Waals surface area contributed by atoms with Gasteiger partial charge in [0, 0.05) is 0 Å². The van der Waals surface area contributed by atoms with Crippen LogP contribution in [0.25, 0.3) is 23.8 Å². The third-order valence-electron chi connectivity index (χ3n) is 4.70. The minimum absolute atomic E-state index is 1.20. The molecule has 0 saturated heterocycles. The topological polar surface area (TPSA) is 0 Å². The van der Waals surface area contributed by atoms with E-state index in [1.807, 2.05) is 6.07 Å². The standard InChI is InChI=1S/C28H22/c1-4-12-23(13-5-1)20-21-26-18-10-11-19-27(26)28(25-16-8-3-9-17-25)22-24-14-6-2-7-15-24/h1-22H. The average Bonchev–Trinajstić information content (AvgIpc) is 2.78. The first-order valence-electron chi connectivity index (χ1n) is 9.55. The lowest BCUT2D eigenvalue weighted by molar-refractivity contribution is 1.53. The first-order chi connectivity index (χ1) is 13.9. The van der Waals surface area contributed by atoms with Crippen molar-refractivity contribution in [3.05, 3.63) is 143 Å². The number of benzene rings is 4. The lowest BCUT2D eigenvalue weighted by Crippen LogP contribution is -1.92. The second-order valence-electron chi connectivity index (χ2n) is 6.67. The van der Waals surface area contributed by atoms with Crippen molar-refractivity contribution >= 4 is 23.8 Å². The molecule has 0 spiro atoms. The summed E-state index contributed by atoms with van der Waals surface area (Å²) in [5.74, 6) is 0. The van der Waals surface area contributed by atoms with Gasteiger partial charge >= 0.3 is 0 Å². The molecule has 0 aliphatic rings. The van der Waals surface area contributed by atoms with E-state index in [1.165, 1.54) is 33.4 Å². The molecule has 0 nitrogen and oxygen atoms in total. The van der Waals surface area contributed by atoms with Gasteiger partial charge in [0.2, 0.25) is 0 Å². The van der Waals surface area contributed by atoms with E-state index in [0.29, 0.717) is 0 Å². The Kier molecular flexibility index (Phi) is 5.60. The minimum Gasteiger partial charge on any atom is -0.0622 e. The van der Waals surface area contributed by atoms with E-state index in [0.717, 1.165) is 0 Å². The Morgan fingerprint density at radius 2 is 1.00 bits per heavy atom. The van der Waals surface area contributed by atoms with E-state index in [-0.39, 0.29) is 0 Å². The fraction of sp³-hybridized carbons (Fsp3) is 0. The fourth-order valence-electron chi connectivity index (χ4n) is 3.29. The molecule has 134 valence electrons. The van der Waals surface area contributed by atoms with Crippen molar-refractivity contribution in [3.8, 4) is 0 Å². The van der Waals surface area contributed by atoms with Crippen LogP contribution in [0.2, 0.25) is 0 Å². The smallest absolute Gasteiger partial charge is 0.00995 e. The maximum absolute atomic E-state index is 2.27. The normalized spacial score (nSPS) is 11.6. The highest BCUT2D eigenvalue weighted by Crippen LogP contribution is 2.29. The lowest BCUT2D eigenvalue weighted by Gasteiger charge is -2.12. The highest BCUT2D eigenvalue weighted by Gasteiger charge is 2.08. The molecule has 4 aromatic rings. The minimum atomic E-state index is 1.20. The Balaban J connectivity index is 1.82. The predicted octanol–water partition coefficient (Wildman–Crippen LogP) is 7.45. The zero-order valence-corrected chi connectivity index (χ0v) is 15.7. The molecular weight excluding hydrogens is 336 g/mol. The molecule has 0 aromatic heterocycles. The first-order valence-corrected chi connectivity index (χ1v) is 9.55. The van der Waals surface area contributed by atoms with E-state index in [2.05, 4.69) is 127 Å². The molecule has 0 aliphatic carbocycles. The van der Waals surface area contributed by atoms with Gasteiger partial charge in [-0.15, -0.1) is 0 Å². The number of hydrogen-bond acceptors (Lipinski definition) is 0. The lowest BCUT2D eigenvalue weighted by atomic mass is 9.92. The molecule has 0 saturated carbocycles. The zero-order chi connectivity index (χ0) is 19.0. The highest BCUT2D eigenvalue weighted by atomic mass is 14.1. The largest absolute Gasteiger partial charge is 0.0622 e. The third-order valence-corrected chi connectivity index (χ3v) is 4.70. The van der Waals surface area contributed by atoms with Crippen LogP contribution in [0.4, 0.5) is 0 Å². The molecule has 4 rings (SSSR count). The van der Waals surface area contributed by atoms with Crippen LogP contribution in [0, 0.1) is 0 Å². The van der Waals surface area contributed by atoms with Crippen LogP contribution in [0.1, 0.15) is 27.8 Å². The molecule has 0 bridgehead atoms. The summed E-state index contributed by atoms with van der Waals surface area (Å²) in [5.41, 5.74) is 7.27. The summed E-state index contributed by atoms with van der Waals surface area (Å²) in [6, 6.07) is 40.1. The Bertz CT molecular complexity index is 1070. The molecule has 28 heavy (non-hydrogen) atoms. The summed E-state index contributed by atoms with van der Waals surface area (Å²) in [6.07, 6.45) is 6.64. The molecule has 4 aromatic carbocycles. The van der Waals surface area contributed by atoms with Crippen molar-refractivity contribution < 1.29 is 0 Å². The molecule has 0 fully saturated rings. The molecule has 0 N–H and O–H groups in total. The van der Waals surface area contributed by atoms with Gasteiger partial charge in [0.25, 0.3) is 0 Å². The van der Waals surface area contributed by atoms with Crippen LogP contribution < -0.4 is 0 Å². The van der Waals surface area contributed by atoms with Crippen molar-refractivity contribution in [2.75, 3.05) is 0 Å². The average molecular weight is 358 g/mol. The summed E-state index contributed by atoms with van der Waals surface area (Å²) >= 11 is 0. The van der Waals surface area contributed by atoms with E-state index in [1.54, 1.807) is 0 Å². The maximum Gasteiger partial charge on any atom is -0.00995 e. The van der Waals surface area contributed by atoms with Crippen LogP contribution in [0.5, 0.6) is 0 Å². The second-order valence-corrected chi connectivity index (χ2v) is 6.67. The van der Waals surface area contributed by atoms with Crippen LogP contribution in [0.15, 0.2) is 115 Å². The molecule has 0 unspecified atom stereocenters. The van der Waals surface area contributed by atoms with Gasteiger partial charge < -0.3 is 0 Å². The second kappa shape index (κ2) is 8.83. The van der Waals surface area contributed by atoms with Gasteiger partial charge in [-0.25, -0.2) is 0 Å². The van der Waals surface area contributed by atoms with E-state index in [9.17, 15) is 0 Å². The van der Waals surface area contributed by atoms with E-state index in [4.69, 9.17) is 0 Å². The third kappa shape index (κ3) is 4.36. The Morgan fingerprint density at radius 1 is 0.464 bits per heavy atom. The SMILES string of the molecule is C(=Cc1ccccc1C(=Cc1ccccc1)c1ccccc1)c1ccccc1. The zero-order valence-electron chi connectivity index (χ0n) is 15.7. The van der Waals surface area contributed by atoms with Crippen molar-refractivity contribution in [1.82, 2.24) is 0 Å².